The molecule has 0 aromatic heterocycles. The van der Waals surface area contributed by atoms with Gasteiger partial charge >= 0.3 is 6.09 Å². The maximum atomic E-state index is 12.7. The molecule has 27 heavy (non-hydrogen) atoms. The van der Waals surface area contributed by atoms with Gasteiger partial charge in [-0.1, -0.05) is 91.0 Å². The highest BCUT2D eigenvalue weighted by Crippen LogP contribution is 2.17. The highest BCUT2D eigenvalue weighted by atomic mass is 16.6. The van der Waals surface area contributed by atoms with Gasteiger partial charge in [-0.05, 0) is 16.7 Å². The van der Waals surface area contributed by atoms with Gasteiger partial charge in [0.25, 0.3) is 0 Å². The summed E-state index contributed by atoms with van der Waals surface area (Å²) in [4.78, 5) is 14.2. The van der Waals surface area contributed by atoms with Gasteiger partial charge in [0.1, 0.15) is 6.61 Å². The molecule has 0 radical (unpaired) electrons. The molecule has 0 aliphatic carbocycles. The highest BCUT2D eigenvalue weighted by Gasteiger charge is 2.20. The monoisotopic (exact) mass is 361 g/mol. The molecule has 4 heteroatoms. The molecule has 1 amide bonds. The van der Waals surface area contributed by atoms with Crippen LogP contribution in [-0.2, 0) is 17.9 Å². The van der Waals surface area contributed by atoms with Crippen LogP contribution in [0.25, 0.3) is 0 Å². The smallest absolute Gasteiger partial charge is 0.410 e. The minimum Gasteiger partial charge on any atom is -0.445 e. The lowest BCUT2D eigenvalue weighted by molar-refractivity contribution is 0.0657. The van der Waals surface area contributed by atoms with Crippen molar-refractivity contribution in [1.29, 1.82) is 0 Å². The van der Waals surface area contributed by atoms with Crippen LogP contribution in [0.5, 0.6) is 0 Å². The first-order valence-corrected chi connectivity index (χ1v) is 8.95. The molecule has 0 fully saturated rings. The second-order valence-corrected chi connectivity index (χ2v) is 6.33. The standard InChI is InChI=1S/C23H23NO3/c25-22(21-14-8-3-9-15-21)17-24(16-19-10-4-1-5-11-19)23(26)27-18-20-12-6-2-7-13-20/h1-15,22,25H,16-18H2. The van der Waals surface area contributed by atoms with E-state index in [1.807, 2.05) is 91.0 Å². The molecule has 0 bridgehead atoms. The summed E-state index contributed by atoms with van der Waals surface area (Å²) < 4.78 is 5.48. The number of nitrogens with zero attached hydrogens (tertiary/aromatic N) is 1. The Balaban J connectivity index is 1.69. The lowest BCUT2D eigenvalue weighted by Crippen LogP contribution is -2.34. The minimum absolute atomic E-state index is 0.159. The Morgan fingerprint density at radius 1 is 0.815 bits per heavy atom. The SMILES string of the molecule is O=C(OCc1ccccc1)N(Cc1ccccc1)CC(O)c1ccccc1. The van der Waals surface area contributed by atoms with Crippen molar-refractivity contribution in [1.82, 2.24) is 4.90 Å². The van der Waals surface area contributed by atoms with Crippen molar-refractivity contribution < 1.29 is 14.6 Å². The number of carbonyl (C=O) groups is 1. The van der Waals surface area contributed by atoms with Gasteiger partial charge in [-0.25, -0.2) is 4.79 Å². The van der Waals surface area contributed by atoms with Gasteiger partial charge in [0.2, 0.25) is 0 Å². The van der Waals surface area contributed by atoms with E-state index >= 15 is 0 Å². The van der Waals surface area contributed by atoms with Crippen LogP contribution in [-0.4, -0.2) is 22.6 Å². The number of aliphatic hydroxyl groups is 1. The molecule has 0 saturated heterocycles. The number of aliphatic hydroxyl groups excluding tert-OH is 1. The van der Waals surface area contributed by atoms with Crippen molar-refractivity contribution in [2.75, 3.05) is 6.54 Å². The predicted octanol–water partition coefficient (Wildman–Crippen LogP) is 4.56. The van der Waals surface area contributed by atoms with Crippen molar-refractivity contribution in [2.24, 2.45) is 0 Å². The van der Waals surface area contributed by atoms with Crippen LogP contribution in [0.2, 0.25) is 0 Å². The van der Waals surface area contributed by atoms with Crippen molar-refractivity contribution in [2.45, 2.75) is 19.3 Å². The molecule has 0 aliphatic heterocycles. The van der Waals surface area contributed by atoms with Gasteiger partial charge in [0.15, 0.2) is 0 Å². The molecule has 0 spiro atoms. The number of carbonyl (C=O) groups excluding carboxylic acids is 1. The maximum Gasteiger partial charge on any atom is 0.410 e. The predicted molar refractivity (Wildman–Crippen MR) is 105 cm³/mol. The molecular weight excluding hydrogens is 338 g/mol. The summed E-state index contributed by atoms with van der Waals surface area (Å²) in [7, 11) is 0. The van der Waals surface area contributed by atoms with Crippen LogP contribution in [0.3, 0.4) is 0 Å². The first kappa shape index (κ1) is 18.7. The van der Waals surface area contributed by atoms with Gasteiger partial charge in [0, 0.05) is 6.54 Å². The van der Waals surface area contributed by atoms with Crippen LogP contribution >= 0.6 is 0 Å². The molecule has 1 atom stereocenters. The summed E-state index contributed by atoms with van der Waals surface area (Å²) in [6.07, 6.45) is -1.23. The molecule has 3 rings (SSSR count). The first-order valence-electron chi connectivity index (χ1n) is 8.95. The van der Waals surface area contributed by atoms with Crippen LogP contribution in [0, 0.1) is 0 Å². The Morgan fingerprint density at radius 2 is 1.33 bits per heavy atom. The summed E-state index contributed by atoms with van der Waals surface area (Å²) in [5.41, 5.74) is 2.68. The van der Waals surface area contributed by atoms with Gasteiger partial charge in [-0.3, -0.25) is 0 Å². The van der Waals surface area contributed by atoms with E-state index in [1.165, 1.54) is 4.90 Å². The molecule has 0 saturated carbocycles. The van der Waals surface area contributed by atoms with E-state index in [0.717, 1.165) is 16.7 Å². The van der Waals surface area contributed by atoms with Gasteiger partial charge < -0.3 is 14.7 Å². The van der Waals surface area contributed by atoms with E-state index < -0.39 is 12.2 Å². The second-order valence-electron chi connectivity index (χ2n) is 6.33. The molecular formula is C23H23NO3. The van der Waals surface area contributed by atoms with Crippen molar-refractivity contribution in [3.63, 3.8) is 0 Å². The number of amides is 1. The fourth-order valence-corrected chi connectivity index (χ4v) is 2.81. The second kappa shape index (κ2) is 9.55. The normalized spacial score (nSPS) is 11.6. The van der Waals surface area contributed by atoms with E-state index in [2.05, 4.69) is 0 Å². The zero-order chi connectivity index (χ0) is 18.9. The topological polar surface area (TPSA) is 49.8 Å². The average molecular weight is 361 g/mol. The molecule has 1 unspecified atom stereocenters. The summed E-state index contributed by atoms with van der Waals surface area (Å²) >= 11 is 0. The zero-order valence-corrected chi connectivity index (χ0v) is 15.1. The third-order valence-electron chi connectivity index (χ3n) is 4.26. The Morgan fingerprint density at radius 3 is 1.93 bits per heavy atom. The molecule has 3 aromatic carbocycles. The Bertz CT molecular complexity index is 822. The van der Waals surface area contributed by atoms with Gasteiger partial charge in [0.05, 0.1) is 12.6 Å². The Hall–Kier alpha value is -3.11. The van der Waals surface area contributed by atoms with E-state index in [4.69, 9.17) is 4.74 Å². The number of hydrogen-bond acceptors (Lipinski definition) is 3. The van der Waals surface area contributed by atoms with Gasteiger partial charge in [-0.2, -0.15) is 0 Å². The van der Waals surface area contributed by atoms with E-state index in [-0.39, 0.29) is 13.2 Å². The van der Waals surface area contributed by atoms with Gasteiger partial charge in [-0.15, -0.1) is 0 Å². The third-order valence-corrected chi connectivity index (χ3v) is 4.26. The lowest BCUT2D eigenvalue weighted by atomic mass is 10.1. The fraction of sp³-hybridized carbons (Fsp3) is 0.174. The largest absolute Gasteiger partial charge is 0.445 e. The van der Waals surface area contributed by atoms with Crippen molar-refractivity contribution >= 4 is 6.09 Å². The number of ether oxygens (including phenoxy) is 1. The van der Waals surface area contributed by atoms with E-state index in [9.17, 15) is 9.90 Å². The fourth-order valence-electron chi connectivity index (χ4n) is 2.81. The number of benzene rings is 3. The van der Waals surface area contributed by atoms with E-state index in [1.54, 1.807) is 0 Å². The van der Waals surface area contributed by atoms with Crippen molar-refractivity contribution in [3.05, 3.63) is 108 Å². The molecule has 0 aliphatic rings. The quantitative estimate of drug-likeness (QED) is 0.671. The molecule has 138 valence electrons. The minimum atomic E-state index is -0.779. The average Bonchev–Trinajstić information content (AvgIpc) is 2.73. The summed E-state index contributed by atoms with van der Waals surface area (Å²) in [6, 6.07) is 28.6. The lowest BCUT2D eigenvalue weighted by Gasteiger charge is -2.25. The maximum absolute atomic E-state index is 12.7. The highest BCUT2D eigenvalue weighted by molar-refractivity contribution is 5.67. The van der Waals surface area contributed by atoms with Crippen LogP contribution in [0.4, 0.5) is 4.79 Å². The number of rotatable bonds is 7. The van der Waals surface area contributed by atoms with E-state index in [0.29, 0.717) is 6.54 Å². The zero-order valence-electron chi connectivity index (χ0n) is 15.1. The third kappa shape index (κ3) is 5.69. The van der Waals surface area contributed by atoms with Crippen molar-refractivity contribution in [3.8, 4) is 0 Å². The Kier molecular flexibility index (Phi) is 6.61. The molecule has 0 heterocycles. The van der Waals surface area contributed by atoms with Crippen LogP contribution in [0.1, 0.15) is 22.8 Å². The number of hydrogen-bond donors (Lipinski definition) is 1. The Labute approximate surface area is 159 Å². The molecule has 4 nitrogen and oxygen atoms in total. The first-order chi connectivity index (χ1) is 13.2. The summed E-state index contributed by atoms with van der Waals surface area (Å²) in [5.74, 6) is 0. The van der Waals surface area contributed by atoms with Crippen LogP contribution in [0.15, 0.2) is 91.0 Å². The molecule has 3 aromatic rings. The summed E-state index contributed by atoms with van der Waals surface area (Å²) in [6.45, 7) is 0.733. The van der Waals surface area contributed by atoms with Crippen LogP contribution < -0.4 is 0 Å². The molecule has 1 N–H and O–H groups in total. The summed E-state index contributed by atoms with van der Waals surface area (Å²) in [5, 5.41) is 10.6.